The Morgan fingerprint density at radius 1 is 0.481 bits per heavy atom. The van der Waals surface area contributed by atoms with Crippen molar-refractivity contribution in [3.05, 3.63) is 117 Å². The van der Waals surface area contributed by atoms with Crippen LogP contribution >= 0.6 is 17.1 Å². The van der Waals surface area contributed by atoms with E-state index in [1.807, 2.05) is 0 Å². The van der Waals surface area contributed by atoms with Crippen LogP contribution in [0.5, 0.6) is 23.0 Å². The van der Waals surface area contributed by atoms with Crippen molar-refractivity contribution in [2.45, 2.75) is 215 Å². The molecule has 14 heteroatoms. The first-order valence-electron chi connectivity index (χ1n) is 28.2. The van der Waals surface area contributed by atoms with Gasteiger partial charge in [0.2, 0.25) is 0 Å². The van der Waals surface area contributed by atoms with Crippen molar-refractivity contribution < 1.29 is 46.6 Å². The van der Waals surface area contributed by atoms with Crippen LogP contribution in [-0.4, -0.2) is 85.1 Å². The van der Waals surface area contributed by atoms with Crippen LogP contribution in [0.4, 0.5) is 0 Å². The third-order valence-electron chi connectivity index (χ3n) is 14.8. The first kappa shape index (κ1) is 63.9. The molecule has 4 atom stereocenters. The quantitative estimate of drug-likeness (QED) is 0.0698. The Morgan fingerprint density at radius 2 is 0.772 bits per heavy atom. The van der Waals surface area contributed by atoms with Crippen molar-refractivity contribution in [3.8, 4) is 23.0 Å². The van der Waals surface area contributed by atoms with Gasteiger partial charge in [-0.25, -0.2) is 9.34 Å². The van der Waals surface area contributed by atoms with Crippen LogP contribution in [0.1, 0.15) is 196 Å². The Morgan fingerprint density at radius 3 is 1.03 bits per heavy atom. The van der Waals surface area contributed by atoms with Crippen molar-refractivity contribution in [3.63, 3.8) is 0 Å². The molecule has 79 heavy (non-hydrogen) atoms. The summed E-state index contributed by atoms with van der Waals surface area (Å²) in [5.41, 5.74) is 7.21. The number of carbonyl (C=O) groups is 2. The molecule has 0 spiro atoms. The predicted octanol–water partition coefficient (Wildman–Crippen LogP) is 15.8. The Labute approximate surface area is 478 Å². The highest BCUT2D eigenvalue weighted by Crippen LogP contribution is 2.58. The third-order valence-corrected chi connectivity index (χ3v) is 18.7. The summed E-state index contributed by atoms with van der Waals surface area (Å²) in [7, 11) is -0.0998. The number of methoxy groups -OCH3 is 2. The highest BCUT2D eigenvalue weighted by molar-refractivity contribution is 7.45. The number of hydrogen-bond acceptors (Lipinski definition) is 12. The lowest BCUT2D eigenvalue weighted by Crippen LogP contribution is -2.38. The number of benzene rings is 4. The zero-order chi connectivity index (χ0) is 58.8. The number of rotatable bonds is 18. The summed E-state index contributed by atoms with van der Waals surface area (Å²) >= 11 is 0. The second-order valence-corrected chi connectivity index (χ2v) is 30.8. The van der Waals surface area contributed by atoms with Gasteiger partial charge in [0, 0.05) is 64.7 Å². The first-order chi connectivity index (χ1) is 36.4. The lowest BCUT2D eigenvalue weighted by Gasteiger charge is -2.36. The Kier molecular flexibility index (Phi) is 19.9. The van der Waals surface area contributed by atoms with Crippen LogP contribution in [0.15, 0.2) is 72.8 Å². The zero-order valence-corrected chi connectivity index (χ0v) is 53.9. The second-order valence-electron chi connectivity index (χ2n) is 28.1. The summed E-state index contributed by atoms with van der Waals surface area (Å²) in [6.45, 7) is 46.2. The van der Waals surface area contributed by atoms with Gasteiger partial charge in [0.15, 0.2) is 0 Å². The van der Waals surface area contributed by atoms with Crippen LogP contribution < -0.4 is 18.5 Å². The van der Waals surface area contributed by atoms with E-state index < -0.39 is 17.1 Å². The Bertz CT molecular complexity index is 2460. The summed E-state index contributed by atoms with van der Waals surface area (Å²) in [5.74, 6) is 2.84. The van der Waals surface area contributed by atoms with Crippen LogP contribution in [0.25, 0.3) is 0 Å². The molecule has 0 bridgehead atoms. The Balaban J connectivity index is 1.10. The Hall–Kier alpha value is -4.28. The fourth-order valence-corrected chi connectivity index (χ4v) is 13.3. The molecule has 6 rings (SSSR count). The molecule has 2 fully saturated rings. The molecule has 4 unspecified atom stereocenters. The average Bonchev–Trinajstić information content (AvgIpc) is 4.15. The third kappa shape index (κ3) is 16.5. The van der Waals surface area contributed by atoms with Crippen molar-refractivity contribution in [2.24, 2.45) is 0 Å². The highest BCUT2D eigenvalue weighted by Gasteiger charge is 2.46. The van der Waals surface area contributed by atoms with E-state index in [2.05, 4.69) is 221 Å². The summed E-state index contributed by atoms with van der Waals surface area (Å²) in [6.07, 6.45) is 1.41. The van der Waals surface area contributed by atoms with Crippen LogP contribution in [0.2, 0.25) is 0 Å². The number of esters is 2. The topological polar surface area (TPSA) is 114 Å². The predicted molar refractivity (Wildman–Crippen MR) is 322 cm³/mol. The van der Waals surface area contributed by atoms with Gasteiger partial charge in [-0.15, -0.1) is 0 Å². The van der Waals surface area contributed by atoms with E-state index in [1.165, 1.54) is 14.2 Å². The molecule has 0 aromatic heterocycles. The van der Waals surface area contributed by atoms with Crippen molar-refractivity contribution in [1.29, 1.82) is 0 Å². The summed E-state index contributed by atoms with van der Waals surface area (Å²) in [6, 6.07) is 25.6. The maximum Gasteiger partial charge on any atom is 0.322 e. The molecule has 0 aliphatic carbocycles. The zero-order valence-electron chi connectivity index (χ0n) is 52.1. The molecule has 0 saturated carbocycles. The van der Waals surface area contributed by atoms with E-state index in [0.717, 1.165) is 67.5 Å². The van der Waals surface area contributed by atoms with Gasteiger partial charge in [-0.2, -0.15) is 0 Å². The van der Waals surface area contributed by atoms with E-state index in [4.69, 9.17) is 37.0 Å². The van der Waals surface area contributed by atoms with E-state index in [1.54, 1.807) is 0 Å². The molecule has 12 nitrogen and oxygen atoms in total. The van der Waals surface area contributed by atoms with Crippen LogP contribution in [-0.2, 0) is 68.0 Å². The van der Waals surface area contributed by atoms with E-state index >= 15 is 0 Å². The van der Waals surface area contributed by atoms with Gasteiger partial charge in [-0.1, -0.05) is 145 Å². The number of aryl methyl sites for hydroxylation is 2. The molecule has 2 heterocycles. The van der Waals surface area contributed by atoms with Gasteiger partial charge in [0.05, 0.1) is 14.2 Å². The molecule has 0 N–H and O–H groups in total. The van der Waals surface area contributed by atoms with E-state index in [0.29, 0.717) is 52.0 Å². The minimum Gasteiger partial charge on any atom is -0.491 e. The minimum atomic E-state index is -1.49. The largest absolute Gasteiger partial charge is 0.491 e. The average molecular weight is 1130 g/mol. The standard InChI is InChI=1S/C65H96N2O10P2/c1-59(2,3)51-35-43(23-33-55(68)70-21)36-52(60(4,5)6)57(51)76-78-66(63(13,14)15)39-49(74-78)41-72-47-29-25-45(26-30-47)65(19,20)46-27-31-48(32-28-46)73-42-50-40-67(64(16,17)18)79(75-50)77-58-53(61(7,8)9)37-44(24-34-56(69)71-22)38-54(58)62(10,11)12/h25-32,35-38,49-50H,23-24,33-34,39-42H2,1-22H3. The number of nitrogens with zero attached hydrogens (tertiary/aromatic N) is 2. The van der Waals surface area contributed by atoms with Crippen molar-refractivity contribution in [1.82, 2.24) is 9.34 Å². The molecular weight excluding hydrogens is 1030 g/mol. The maximum atomic E-state index is 12.1. The minimum absolute atomic E-state index is 0.204. The highest BCUT2D eigenvalue weighted by atomic mass is 31.2. The van der Waals surface area contributed by atoms with Gasteiger partial charge in [0.25, 0.3) is 0 Å². The van der Waals surface area contributed by atoms with Crippen molar-refractivity contribution in [2.75, 3.05) is 40.5 Å². The van der Waals surface area contributed by atoms with E-state index in [9.17, 15) is 9.59 Å². The SMILES string of the molecule is COC(=O)CCc1cc(C(C)(C)C)c(OP2OC(COc3ccc(C(C)(C)c4ccc(OCC5CN(C(C)(C)C)P(Oc6c(C(C)(C)C)cc(CCC(=O)OC)cc6C(C)(C)C)O5)cc4)cc3)CN2C(C)(C)C)c(C(C)(C)C)c1. The van der Waals surface area contributed by atoms with Gasteiger partial charge < -0.3 is 37.0 Å². The molecule has 436 valence electrons. The summed E-state index contributed by atoms with van der Waals surface area (Å²) < 4.78 is 55.4. The normalized spacial score (nSPS) is 19.1. The number of ether oxygens (including phenoxy) is 4. The van der Waals surface area contributed by atoms with Crippen LogP contribution in [0.3, 0.4) is 0 Å². The lowest BCUT2D eigenvalue weighted by molar-refractivity contribution is -0.141. The monoisotopic (exact) mass is 1130 g/mol. The van der Waals surface area contributed by atoms with E-state index in [-0.39, 0.29) is 62.3 Å². The fourth-order valence-electron chi connectivity index (χ4n) is 9.72. The van der Waals surface area contributed by atoms with Gasteiger partial charge in [-0.05, 0) is 123 Å². The number of hydrogen-bond donors (Lipinski definition) is 0. The first-order valence-corrected chi connectivity index (χ1v) is 30.5. The van der Waals surface area contributed by atoms with Gasteiger partial charge in [0.1, 0.15) is 48.4 Å². The molecular formula is C65H96N2O10P2. The fraction of sp³-hybridized carbons (Fsp3) is 0.600. The molecule has 2 aliphatic rings. The molecule has 4 aromatic rings. The maximum absolute atomic E-state index is 12.1. The molecule has 2 aliphatic heterocycles. The second kappa shape index (κ2) is 24.7. The number of carbonyl (C=O) groups excluding carboxylic acids is 2. The van der Waals surface area contributed by atoms with Crippen LogP contribution in [0, 0.1) is 0 Å². The van der Waals surface area contributed by atoms with Crippen molar-refractivity contribution >= 4 is 29.0 Å². The summed E-state index contributed by atoms with van der Waals surface area (Å²) in [4.78, 5) is 24.3. The van der Waals surface area contributed by atoms with Gasteiger partial charge >= 0.3 is 29.0 Å². The van der Waals surface area contributed by atoms with Gasteiger partial charge in [-0.3, -0.25) is 9.59 Å². The summed E-state index contributed by atoms with van der Waals surface area (Å²) in [5, 5.41) is 0. The smallest absolute Gasteiger partial charge is 0.322 e. The molecule has 0 radical (unpaired) electrons. The molecule has 0 amide bonds. The lowest BCUT2D eigenvalue weighted by atomic mass is 9.78. The molecule has 4 aromatic carbocycles. The molecule has 2 saturated heterocycles.